The van der Waals surface area contributed by atoms with Crippen molar-refractivity contribution in [3.8, 4) is 0 Å². The maximum Gasteiger partial charge on any atom is 0.0627 e. The lowest BCUT2D eigenvalue weighted by atomic mass is 10.1. The molecule has 72 valence electrons. The highest BCUT2D eigenvalue weighted by Crippen LogP contribution is 2.10. The summed E-state index contributed by atoms with van der Waals surface area (Å²) in [6.45, 7) is 4.21. The van der Waals surface area contributed by atoms with Gasteiger partial charge in [0.25, 0.3) is 0 Å². The minimum Gasteiger partial charge on any atom is -0.394 e. The SMILES string of the molecule is CC(C)NC(CO)c1cccnc1. The third-order valence-corrected chi connectivity index (χ3v) is 1.80. The van der Waals surface area contributed by atoms with Gasteiger partial charge < -0.3 is 10.4 Å². The van der Waals surface area contributed by atoms with E-state index in [1.54, 1.807) is 12.4 Å². The third-order valence-electron chi connectivity index (χ3n) is 1.80. The normalized spacial score (nSPS) is 13.2. The van der Waals surface area contributed by atoms with Crippen LogP contribution < -0.4 is 5.32 Å². The lowest BCUT2D eigenvalue weighted by Crippen LogP contribution is -2.30. The van der Waals surface area contributed by atoms with Crippen LogP contribution in [0.15, 0.2) is 24.5 Å². The average molecular weight is 180 g/mol. The molecule has 3 heteroatoms. The number of aliphatic hydroxyl groups excluding tert-OH is 1. The predicted molar refractivity (Wildman–Crippen MR) is 52.3 cm³/mol. The number of nitrogens with one attached hydrogen (secondary N) is 1. The van der Waals surface area contributed by atoms with E-state index in [0.29, 0.717) is 6.04 Å². The van der Waals surface area contributed by atoms with Gasteiger partial charge in [-0.25, -0.2) is 0 Å². The summed E-state index contributed by atoms with van der Waals surface area (Å²) in [6.07, 6.45) is 3.50. The van der Waals surface area contributed by atoms with Gasteiger partial charge in [-0.15, -0.1) is 0 Å². The number of pyridine rings is 1. The number of hydrogen-bond donors (Lipinski definition) is 2. The van der Waals surface area contributed by atoms with Crippen molar-refractivity contribution in [1.29, 1.82) is 0 Å². The van der Waals surface area contributed by atoms with Crippen molar-refractivity contribution in [3.63, 3.8) is 0 Å². The van der Waals surface area contributed by atoms with E-state index in [9.17, 15) is 0 Å². The summed E-state index contributed by atoms with van der Waals surface area (Å²) < 4.78 is 0. The highest BCUT2D eigenvalue weighted by molar-refractivity contribution is 5.13. The van der Waals surface area contributed by atoms with Crippen molar-refractivity contribution in [3.05, 3.63) is 30.1 Å². The zero-order valence-electron chi connectivity index (χ0n) is 8.07. The van der Waals surface area contributed by atoms with E-state index in [1.165, 1.54) is 0 Å². The topological polar surface area (TPSA) is 45.1 Å². The zero-order chi connectivity index (χ0) is 9.68. The Balaban J connectivity index is 2.67. The number of aliphatic hydroxyl groups is 1. The Labute approximate surface area is 78.8 Å². The molecule has 1 aromatic heterocycles. The van der Waals surface area contributed by atoms with Gasteiger partial charge in [0.15, 0.2) is 0 Å². The molecule has 2 N–H and O–H groups in total. The molecule has 0 saturated carbocycles. The molecule has 0 bridgehead atoms. The van der Waals surface area contributed by atoms with Gasteiger partial charge in [-0.05, 0) is 11.6 Å². The molecule has 0 radical (unpaired) electrons. The zero-order valence-corrected chi connectivity index (χ0v) is 8.07. The van der Waals surface area contributed by atoms with Crippen LogP contribution in [0.2, 0.25) is 0 Å². The fourth-order valence-electron chi connectivity index (χ4n) is 1.24. The van der Waals surface area contributed by atoms with Crippen molar-refractivity contribution in [2.45, 2.75) is 25.9 Å². The molecule has 1 unspecified atom stereocenters. The van der Waals surface area contributed by atoms with E-state index < -0.39 is 0 Å². The monoisotopic (exact) mass is 180 g/mol. The second-order valence-corrected chi connectivity index (χ2v) is 3.34. The number of aromatic nitrogens is 1. The molecule has 13 heavy (non-hydrogen) atoms. The van der Waals surface area contributed by atoms with Crippen molar-refractivity contribution >= 4 is 0 Å². The van der Waals surface area contributed by atoms with Gasteiger partial charge >= 0.3 is 0 Å². The average Bonchev–Trinajstić information content (AvgIpc) is 2.15. The summed E-state index contributed by atoms with van der Waals surface area (Å²) >= 11 is 0. The quantitative estimate of drug-likeness (QED) is 0.729. The molecule has 1 atom stereocenters. The lowest BCUT2D eigenvalue weighted by Gasteiger charge is -2.18. The first-order chi connectivity index (χ1) is 6.24. The highest BCUT2D eigenvalue weighted by Gasteiger charge is 2.10. The van der Waals surface area contributed by atoms with Gasteiger partial charge in [-0.2, -0.15) is 0 Å². The highest BCUT2D eigenvalue weighted by atomic mass is 16.3. The summed E-state index contributed by atoms with van der Waals surface area (Å²) in [5.74, 6) is 0. The van der Waals surface area contributed by atoms with E-state index in [1.807, 2.05) is 12.1 Å². The Morgan fingerprint density at radius 3 is 2.77 bits per heavy atom. The second kappa shape index (κ2) is 4.94. The summed E-state index contributed by atoms with van der Waals surface area (Å²) in [5, 5.41) is 12.4. The Hall–Kier alpha value is -0.930. The van der Waals surface area contributed by atoms with Crippen LogP contribution >= 0.6 is 0 Å². The van der Waals surface area contributed by atoms with Gasteiger partial charge in [-0.1, -0.05) is 19.9 Å². The molecular formula is C10H16N2O. The molecule has 0 saturated heterocycles. The maximum atomic E-state index is 9.14. The molecule has 0 spiro atoms. The smallest absolute Gasteiger partial charge is 0.0627 e. The molecule has 0 aliphatic heterocycles. The van der Waals surface area contributed by atoms with E-state index in [4.69, 9.17) is 5.11 Å². The van der Waals surface area contributed by atoms with Gasteiger partial charge in [0.2, 0.25) is 0 Å². The Morgan fingerprint density at radius 1 is 1.54 bits per heavy atom. The van der Waals surface area contributed by atoms with E-state index in [2.05, 4.69) is 24.1 Å². The minimum atomic E-state index is -0.00583. The van der Waals surface area contributed by atoms with Crippen LogP contribution in [0.4, 0.5) is 0 Å². The van der Waals surface area contributed by atoms with Gasteiger partial charge in [0, 0.05) is 18.4 Å². The summed E-state index contributed by atoms with van der Waals surface area (Å²) in [6, 6.07) is 4.19. The van der Waals surface area contributed by atoms with Crippen molar-refractivity contribution < 1.29 is 5.11 Å². The van der Waals surface area contributed by atoms with Crippen LogP contribution in [-0.4, -0.2) is 22.7 Å². The molecule has 1 heterocycles. The first kappa shape index (κ1) is 10.2. The molecule has 1 rings (SSSR count). The van der Waals surface area contributed by atoms with Crippen LogP contribution in [0.5, 0.6) is 0 Å². The molecular weight excluding hydrogens is 164 g/mol. The van der Waals surface area contributed by atoms with Crippen LogP contribution in [0.3, 0.4) is 0 Å². The number of rotatable bonds is 4. The van der Waals surface area contributed by atoms with E-state index >= 15 is 0 Å². The lowest BCUT2D eigenvalue weighted by molar-refractivity contribution is 0.237. The van der Waals surface area contributed by atoms with Crippen molar-refractivity contribution in [1.82, 2.24) is 10.3 Å². The predicted octanol–water partition coefficient (Wildman–Crippen LogP) is 1.11. The van der Waals surface area contributed by atoms with Crippen molar-refractivity contribution in [2.75, 3.05) is 6.61 Å². The van der Waals surface area contributed by atoms with E-state index in [0.717, 1.165) is 5.56 Å². The van der Waals surface area contributed by atoms with Gasteiger partial charge in [-0.3, -0.25) is 4.98 Å². The Bertz CT molecular complexity index is 236. The Kier molecular flexibility index (Phi) is 3.86. The maximum absolute atomic E-state index is 9.14. The molecule has 0 amide bonds. The van der Waals surface area contributed by atoms with Crippen LogP contribution in [-0.2, 0) is 0 Å². The first-order valence-corrected chi connectivity index (χ1v) is 4.51. The fourth-order valence-corrected chi connectivity index (χ4v) is 1.24. The molecule has 3 nitrogen and oxygen atoms in total. The molecule has 0 aliphatic rings. The van der Waals surface area contributed by atoms with Crippen LogP contribution in [0.25, 0.3) is 0 Å². The molecule has 0 aliphatic carbocycles. The number of hydrogen-bond acceptors (Lipinski definition) is 3. The molecule has 0 aromatic carbocycles. The standard InChI is InChI=1S/C10H16N2O/c1-8(2)12-10(7-13)9-4-3-5-11-6-9/h3-6,8,10,12-13H,7H2,1-2H3. The van der Waals surface area contributed by atoms with Gasteiger partial charge in [0.05, 0.1) is 12.6 Å². The summed E-state index contributed by atoms with van der Waals surface area (Å²) in [7, 11) is 0. The minimum absolute atomic E-state index is 0.00583. The van der Waals surface area contributed by atoms with Crippen LogP contribution in [0, 0.1) is 0 Å². The first-order valence-electron chi connectivity index (χ1n) is 4.51. The summed E-state index contributed by atoms with van der Waals surface area (Å²) in [5.41, 5.74) is 1.03. The molecule has 0 fully saturated rings. The fraction of sp³-hybridized carbons (Fsp3) is 0.500. The second-order valence-electron chi connectivity index (χ2n) is 3.34. The largest absolute Gasteiger partial charge is 0.394 e. The molecule has 1 aromatic rings. The van der Waals surface area contributed by atoms with E-state index in [-0.39, 0.29) is 12.6 Å². The van der Waals surface area contributed by atoms with Crippen LogP contribution in [0.1, 0.15) is 25.5 Å². The summed E-state index contributed by atoms with van der Waals surface area (Å²) in [4.78, 5) is 4.01. The number of nitrogens with zero attached hydrogens (tertiary/aromatic N) is 1. The van der Waals surface area contributed by atoms with Crippen molar-refractivity contribution in [2.24, 2.45) is 0 Å². The van der Waals surface area contributed by atoms with Gasteiger partial charge in [0.1, 0.15) is 0 Å². The third kappa shape index (κ3) is 3.13. The Morgan fingerprint density at radius 2 is 2.31 bits per heavy atom.